The Morgan fingerprint density at radius 2 is 1.96 bits per heavy atom. The highest BCUT2D eigenvalue weighted by molar-refractivity contribution is 6.00. The monoisotopic (exact) mass is 342 g/mol. The van der Waals surface area contributed by atoms with E-state index in [1.165, 1.54) is 12.3 Å². The van der Waals surface area contributed by atoms with Gasteiger partial charge in [-0.3, -0.25) is 4.79 Å². The van der Waals surface area contributed by atoms with Crippen LogP contribution in [-0.4, -0.2) is 38.5 Å². The number of hydrogen-bond donors (Lipinski definition) is 0. The van der Waals surface area contributed by atoms with Crippen LogP contribution in [0.3, 0.4) is 0 Å². The lowest BCUT2D eigenvalue weighted by Crippen LogP contribution is -2.48. The van der Waals surface area contributed by atoms with Crippen LogP contribution >= 0.6 is 0 Å². The Morgan fingerprint density at radius 3 is 2.60 bits per heavy atom. The van der Waals surface area contributed by atoms with Gasteiger partial charge in [-0.25, -0.2) is 18.3 Å². The Bertz CT molecular complexity index is 933. The van der Waals surface area contributed by atoms with E-state index in [1.54, 1.807) is 17.0 Å². The number of fused-ring (bicyclic) bond motifs is 1. The highest BCUT2D eigenvalue weighted by Crippen LogP contribution is 2.28. The Balaban J connectivity index is 1.86. The quantitative estimate of drug-likeness (QED) is 0.733. The van der Waals surface area contributed by atoms with E-state index in [2.05, 4.69) is 17.0 Å². The van der Waals surface area contributed by atoms with Crippen LogP contribution in [0.5, 0.6) is 0 Å². The number of carbonyl (C=O) groups excluding carboxylic acids is 1. The van der Waals surface area contributed by atoms with Crippen molar-refractivity contribution in [1.82, 2.24) is 19.5 Å². The predicted octanol–water partition coefficient (Wildman–Crippen LogP) is 3.43. The molecule has 0 saturated carbocycles. The summed E-state index contributed by atoms with van der Waals surface area (Å²) in [6, 6.07) is 10.4. The molecule has 0 aliphatic carbocycles. The minimum Gasteiger partial charge on any atom is -0.338 e. The van der Waals surface area contributed by atoms with E-state index in [9.17, 15) is 13.6 Å². The van der Waals surface area contributed by atoms with Crippen LogP contribution < -0.4 is 0 Å². The van der Waals surface area contributed by atoms with Crippen LogP contribution in [-0.2, 0) is 0 Å². The molecular formula is C18H16F2N4O. The van der Waals surface area contributed by atoms with Gasteiger partial charge >= 0.3 is 0 Å². The molecule has 1 fully saturated rings. The molecule has 0 N–H and O–H groups in total. The average molecular weight is 342 g/mol. The van der Waals surface area contributed by atoms with E-state index >= 15 is 0 Å². The van der Waals surface area contributed by atoms with Crippen molar-refractivity contribution in [2.24, 2.45) is 5.92 Å². The molecule has 3 aromatic rings. The molecule has 128 valence electrons. The molecule has 0 spiro atoms. The zero-order valence-electron chi connectivity index (χ0n) is 13.6. The summed E-state index contributed by atoms with van der Waals surface area (Å²) in [5.74, 6) is 0.237. The number of amides is 1. The zero-order chi connectivity index (χ0) is 17.6. The summed E-state index contributed by atoms with van der Waals surface area (Å²) in [6.07, 6.45) is -1.39. The summed E-state index contributed by atoms with van der Waals surface area (Å²) in [5.41, 5.74) is 1.26. The van der Waals surface area contributed by atoms with Crippen LogP contribution in [0.4, 0.5) is 8.78 Å². The van der Waals surface area contributed by atoms with E-state index in [0.29, 0.717) is 30.3 Å². The average Bonchev–Trinajstić information content (AvgIpc) is 3.02. The Morgan fingerprint density at radius 1 is 1.24 bits per heavy atom. The first-order chi connectivity index (χ1) is 12.0. The molecule has 0 bridgehead atoms. The third-order valence-electron chi connectivity index (χ3n) is 4.37. The normalized spacial score (nSPS) is 15.0. The first-order valence-electron chi connectivity index (χ1n) is 8.06. The van der Waals surface area contributed by atoms with Gasteiger partial charge < -0.3 is 4.90 Å². The maximum absolute atomic E-state index is 13.5. The van der Waals surface area contributed by atoms with Gasteiger partial charge in [-0.1, -0.05) is 37.3 Å². The molecule has 0 radical (unpaired) electrons. The van der Waals surface area contributed by atoms with Crippen molar-refractivity contribution < 1.29 is 13.6 Å². The second kappa shape index (κ2) is 5.91. The lowest BCUT2D eigenvalue weighted by Gasteiger charge is -2.36. The van der Waals surface area contributed by atoms with Gasteiger partial charge in [0.15, 0.2) is 5.65 Å². The fourth-order valence-electron chi connectivity index (χ4n) is 3.08. The molecule has 1 aliphatic rings. The molecule has 3 heterocycles. The van der Waals surface area contributed by atoms with Gasteiger partial charge in [0.2, 0.25) is 0 Å². The molecule has 1 aromatic carbocycles. The lowest BCUT2D eigenvalue weighted by atomic mass is 10.0. The number of alkyl halides is 2. The Labute approximate surface area is 142 Å². The molecular weight excluding hydrogens is 326 g/mol. The van der Waals surface area contributed by atoms with Gasteiger partial charge in [0.1, 0.15) is 11.3 Å². The fourth-order valence-corrected chi connectivity index (χ4v) is 3.08. The van der Waals surface area contributed by atoms with Crippen LogP contribution in [0.2, 0.25) is 0 Å². The first kappa shape index (κ1) is 15.7. The molecule has 1 aliphatic heterocycles. The highest BCUT2D eigenvalue weighted by atomic mass is 19.3. The Hall–Kier alpha value is -2.83. The smallest absolute Gasteiger partial charge is 0.280 e. The third-order valence-corrected chi connectivity index (χ3v) is 4.37. The number of nitrogens with zero attached hydrogens (tertiary/aromatic N) is 4. The standard InChI is InChI=1S/C18H16F2N4O/c1-11-9-23(10-11)18(25)13-8-21-24-15(16(19)20)7-14(22-17(13)24)12-5-3-2-4-6-12/h2-8,11,16H,9-10H2,1H3. The van der Waals surface area contributed by atoms with Crippen molar-refractivity contribution in [1.29, 1.82) is 0 Å². The fraction of sp³-hybridized carbons (Fsp3) is 0.278. The summed E-state index contributed by atoms with van der Waals surface area (Å²) in [5, 5.41) is 3.98. The molecule has 2 aromatic heterocycles. The topological polar surface area (TPSA) is 50.5 Å². The van der Waals surface area contributed by atoms with Crippen molar-refractivity contribution in [3.8, 4) is 11.3 Å². The van der Waals surface area contributed by atoms with Crippen LogP contribution in [0, 0.1) is 5.92 Å². The lowest BCUT2D eigenvalue weighted by molar-refractivity contribution is 0.0532. The maximum Gasteiger partial charge on any atom is 0.280 e. The van der Waals surface area contributed by atoms with Gasteiger partial charge in [-0.05, 0) is 12.0 Å². The predicted molar refractivity (Wildman–Crippen MR) is 88.4 cm³/mol. The first-order valence-corrected chi connectivity index (χ1v) is 8.06. The summed E-state index contributed by atoms with van der Waals surface area (Å²) >= 11 is 0. The van der Waals surface area contributed by atoms with Gasteiger partial charge in [0.05, 0.1) is 11.9 Å². The van der Waals surface area contributed by atoms with Gasteiger partial charge in [0.25, 0.3) is 12.3 Å². The van der Waals surface area contributed by atoms with Crippen molar-refractivity contribution in [3.05, 3.63) is 53.9 Å². The molecule has 7 heteroatoms. The van der Waals surface area contributed by atoms with E-state index in [4.69, 9.17) is 0 Å². The van der Waals surface area contributed by atoms with Crippen LogP contribution in [0.25, 0.3) is 16.9 Å². The molecule has 0 unspecified atom stereocenters. The minimum absolute atomic E-state index is 0.168. The van der Waals surface area contributed by atoms with Gasteiger partial charge in [0, 0.05) is 18.7 Å². The van der Waals surface area contributed by atoms with Crippen molar-refractivity contribution in [3.63, 3.8) is 0 Å². The second-order valence-corrected chi connectivity index (χ2v) is 6.34. The Kier molecular flexibility index (Phi) is 3.71. The van der Waals surface area contributed by atoms with E-state index in [1.807, 2.05) is 18.2 Å². The molecule has 0 atom stereocenters. The van der Waals surface area contributed by atoms with E-state index < -0.39 is 6.43 Å². The van der Waals surface area contributed by atoms with Crippen molar-refractivity contribution in [2.75, 3.05) is 13.1 Å². The summed E-state index contributed by atoms with van der Waals surface area (Å²) in [7, 11) is 0. The van der Waals surface area contributed by atoms with Crippen molar-refractivity contribution >= 4 is 11.6 Å². The summed E-state index contributed by atoms with van der Waals surface area (Å²) in [6.45, 7) is 3.38. The second-order valence-electron chi connectivity index (χ2n) is 6.34. The number of likely N-dealkylation sites (tertiary alicyclic amines) is 1. The number of carbonyl (C=O) groups is 1. The maximum atomic E-state index is 13.5. The van der Waals surface area contributed by atoms with Gasteiger partial charge in [-0.15, -0.1) is 0 Å². The molecule has 1 amide bonds. The zero-order valence-corrected chi connectivity index (χ0v) is 13.6. The SMILES string of the molecule is CC1CN(C(=O)c2cnn3c(C(F)F)cc(-c4ccccc4)nc23)C1. The summed E-state index contributed by atoms with van der Waals surface area (Å²) in [4.78, 5) is 18.8. The van der Waals surface area contributed by atoms with Crippen molar-refractivity contribution in [2.45, 2.75) is 13.3 Å². The summed E-state index contributed by atoms with van der Waals surface area (Å²) < 4.78 is 28.1. The number of rotatable bonds is 3. The van der Waals surface area contributed by atoms with Crippen LogP contribution in [0.1, 0.15) is 29.4 Å². The van der Waals surface area contributed by atoms with Crippen LogP contribution in [0.15, 0.2) is 42.6 Å². The third kappa shape index (κ3) is 2.65. The molecule has 1 saturated heterocycles. The van der Waals surface area contributed by atoms with E-state index in [-0.39, 0.29) is 22.8 Å². The largest absolute Gasteiger partial charge is 0.338 e. The number of hydrogen-bond acceptors (Lipinski definition) is 3. The molecule has 25 heavy (non-hydrogen) atoms. The molecule has 4 rings (SSSR count). The molecule has 5 nitrogen and oxygen atoms in total. The number of aromatic nitrogens is 3. The minimum atomic E-state index is -2.72. The van der Waals surface area contributed by atoms with Gasteiger partial charge in [-0.2, -0.15) is 5.10 Å². The van der Waals surface area contributed by atoms with E-state index in [0.717, 1.165) is 4.52 Å². The number of halogens is 2. The number of benzene rings is 1. The highest BCUT2D eigenvalue weighted by Gasteiger charge is 2.31.